The molecule has 0 radical (unpaired) electrons. The van der Waals surface area contributed by atoms with Crippen LogP contribution in [0.5, 0.6) is 0 Å². The maximum Gasteiger partial charge on any atom is 0.181 e. The molecule has 0 heterocycles. The molecule has 0 atom stereocenters. The molecule has 0 saturated carbocycles. The lowest BCUT2D eigenvalue weighted by Gasteiger charge is -1.95. The molecule has 0 fully saturated rings. The van der Waals surface area contributed by atoms with Crippen LogP contribution in [0.4, 0.5) is 0 Å². The van der Waals surface area contributed by atoms with Crippen LogP contribution in [-0.4, -0.2) is 0 Å². The van der Waals surface area contributed by atoms with E-state index in [1.165, 1.54) is 0 Å². The lowest BCUT2D eigenvalue weighted by atomic mass is 10.3. The zero-order valence-corrected chi connectivity index (χ0v) is 5.52. The summed E-state index contributed by atoms with van der Waals surface area (Å²) in [6, 6.07) is 0. The van der Waals surface area contributed by atoms with E-state index in [2.05, 4.69) is 11.9 Å². The molecule has 2 nitrogen and oxygen atoms in total. The Bertz CT molecular complexity index is 151. The van der Waals surface area contributed by atoms with E-state index in [1.54, 1.807) is 12.2 Å². The predicted molar refractivity (Wildman–Crippen MR) is 37.3 cm³/mol. The molecule has 1 N–H and O–H groups in total. The molecule has 0 aromatic rings. The fourth-order valence-electron chi connectivity index (χ4n) is 0.462. The lowest BCUT2D eigenvalue weighted by molar-refractivity contribution is 0.954. The molecule has 0 unspecified atom stereocenters. The van der Waals surface area contributed by atoms with Crippen LogP contribution in [-0.2, 0) is 0 Å². The number of rotatable bonds is 3. The van der Waals surface area contributed by atoms with E-state index in [-0.39, 0.29) is 0 Å². The topological polar surface area (TPSA) is 35.8 Å². The average Bonchev–Trinajstić information content (AvgIpc) is 1.88. The normalized spacial score (nSPS) is 10.0. The van der Waals surface area contributed by atoms with Gasteiger partial charge in [0.25, 0.3) is 0 Å². The summed E-state index contributed by atoms with van der Waals surface area (Å²) in [5, 5.41) is 10.7. The Morgan fingerprint density at radius 2 is 2.56 bits per heavy atom. The summed E-state index contributed by atoms with van der Waals surface area (Å²) in [7, 11) is 0. The van der Waals surface area contributed by atoms with Gasteiger partial charge in [0.2, 0.25) is 0 Å². The van der Waals surface area contributed by atoms with E-state index in [0.717, 1.165) is 12.1 Å². The van der Waals surface area contributed by atoms with Crippen molar-refractivity contribution in [2.24, 2.45) is 0 Å². The third kappa shape index (κ3) is 3.36. The zero-order chi connectivity index (χ0) is 7.11. The summed E-state index contributed by atoms with van der Waals surface area (Å²) in [6.07, 6.45) is 6.11. The van der Waals surface area contributed by atoms with Crippen LogP contribution >= 0.6 is 0 Å². The molecule has 0 saturated heterocycles. The maximum absolute atomic E-state index is 8.16. The van der Waals surface area contributed by atoms with Crippen LogP contribution in [0.15, 0.2) is 24.4 Å². The first-order chi connectivity index (χ1) is 4.35. The van der Waals surface area contributed by atoms with Gasteiger partial charge in [0.15, 0.2) is 6.19 Å². The lowest BCUT2D eigenvalue weighted by Crippen LogP contribution is -2.02. The minimum atomic E-state index is 0.833. The van der Waals surface area contributed by atoms with E-state index < -0.39 is 0 Å². The molecular weight excluding hydrogens is 112 g/mol. The Morgan fingerprint density at radius 1 is 1.89 bits per heavy atom. The highest BCUT2D eigenvalue weighted by Gasteiger charge is 1.85. The van der Waals surface area contributed by atoms with Gasteiger partial charge in [-0.15, -0.1) is 0 Å². The standard InChI is InChI=1S/C7H10N2/c1-3-5-7(4-2)9-6-8/h3,5,9H,1,4H2,2H3/b7-5-. The SMILES string of the molecule is C=C/C=C(/CC)NC#N. The molecule has 0 aliphatic rings. The van der Waals surface area contributed by atoms with Gasteiger partial charge in [0.05, 0.1) is 0 Å². The largest absolute Gasteiger partial charge is 0.297 e. The molecule has 0 bridgehead atoms. The monoisotopic (exact) mass is 122 g/mol. The molecule has 0 aliphatic heterocycles. The van der Waals surface area contributed by atoms with Gasteiger partial charge in [0, 0.05) is 5.70 Å². The summed E-state index contributed by atoms with van der Waals surface area (Å²) in [4.78, 5) is 0. The second-order valence-corrected chi connectivity index (χ2v) is 1.52. The Labute approximate surface area is 55.5 Å². The second kappa shape index (κ2) is 4.92. The molecule has 9 heavy (non-hydrogen) atoms. The van der Waals surface area contributed by atoms with E-state index in [0.29, 0.717) is 0 Å². The third-order valence-electron chi connectivity index (χ3n) is 0.916. The Hall–Kier alpha value is -1.23. The second-order valence-electron chi connectivity index (χ2n) is 1.52. The smallest absolute Gasteiger partial charge is 0.181 e. The van der Waals surface area contributed by atoms with Gasteiger partial charge in [-0.05, 0) is 12.5 Å². The molecule has 0 aliphatic carbocycles. The molecule has 0 amide bonds. The molecule has 0 spiro atoms. The summed E-state index contributed by atoms with van der Waals surface area (Å²) < 4.78 is 0. The number of nitriles is 1. The van der Waals surface area contributed by atoms with E-state index >= 15 is 0 Å². The van der Waals surface area contributed by atoms with Crippen LogP contribution in [0.2, 0.25) is 0 Å². The van der Waals surface area contributed by atoms with Crippen molar-refractivity contribution in [3.05, 3.63) is 24.4 Å². The molecule has 0 aromatic heterocycles. The first-order valence-electron chi connectivity index (χ1n) is 2.81. The molecule has 0 aromatic carbocycles. The summed E-state index contributed by atoms with van der Waals surface area (Å²) in [5.41, 5.74) is 0.896. The van der Waals surface area contributed by atoms with E-state index in [4.69, 9.17) is 5.26 Å². The number of allylic oxidation sites excluding steroid dienone is 3. The Balaban J connectivity index is 3.84. The fourth-order valence-corrected chi connectivity index (χ4v) is 0.462. The number of hydrogen-bond acceptors (Lipinski definition) is 2. The minimum Gasteiger partial charge on any atom is -0.297 e. The quantitative estimate of drug-likeness (QED) is 0.350. The van der Waals surface area contributed by atoms with Crippen molar-refractivity contribution in [3.8, 4) is 6.19 Å². The molecule has 48 valence electrons. The van der Waals surface area contributed by atoms with Crippen LogP contribution in [0.3, 0.4) is 0 Å². The van der Waals surface area contributed by atoms with Gasteiger partial charge in [0.1, 0.15) is 0 Å². The van der Waals surface area contributed by atoms with Crippen molar-refractivity contribution < 1.29 is 0 Å². The van der Waals surface area contributed by atoms with Crippen molar-refractivity contribution in [1.29, 1.82) is 5.26 Å². The molecular formula is C7H10N2. The van der Waals surface area contributed by atoms with Gasteiger partial charge in [-0.1, -0.05) is 19.6 Å². The van der Waals surface area contributed by atoms with Crippen LogP contribution in [0, 0.1) is 11.5 Å². The highest BCUT2D eigenvalue weighted by molar-refractivity contribution is 5.10. The predicted octanol–water partition coefficient (Wildman–Crippen LogP) is 1.54. The van der Waals surface area contributed by atoms with Gasteiger partial charge in [-0.3, -0.25) is 5.32 Å². The summed E-state index contributed by atoms with van der Waals surface area (Å²) in [5.74, 6) is 0. The zero-order valence-electron chi connectivity index (χ0n) is 5.52. The van der Waals surface area contributed by atoms with Crippen molar-refractivity contribution in [1.82, 2.24) is 5.32 Å². The average molecular weight is 122 g/mol. The summed E-state index contributed by atoms with van der Waals surface area (Å²) in [6.45, 7) is 5.48. The van der Waals surface area contributed by atoms with Crippen molar-refractivity contribution in [2.45, 2.75) is 13.3 Å². The number of nitrogens with one attached hydrogen (secondary N) is 1. The van der Waals surface area contributed by atoms with Crippen molar-refractivity contribution in [2.75, 3.05) is 0 Å². The molecule has 0 rings (SSSR count). The highest BCUT2D eigenvalue weighted by Crippen LogP contribution is 1.93. The van der Waals surface area contributed by atoms with Crippen LogP contribution in [0.1, 0.15) is 13.3 Å². The van der Waals surface area contributed by atoms with Crippen molar-refractivity contribution in [3.63, 3.8) is 0 Å². The van der Waals surface area contributed by atoms with E-state index in [1.807, 2.05) is 13.1 Å². The van der Waals surface area contributed by atoms with Gasteiger partial charge in [-0.2, -0.15) is 5.26 Å². The van der Waals surface area contributed by atoms with Gasteiger partial charge >= 0.3 is 0 Å². The number of hydrogen-bond donors (Lipinski definition) is 1. The Kier molecular flexibility index (Phi) is 4.25. The van der Waals surface area contributed by atoms with Gasteiger partial charge < -0.3 is 0 Å². The first-order valence-corrected chi connectivity index (χ1v) is 2.81. The van der Waals surface area contributed by atoms with Crippen molar-refractivity contribution >= 4 is 0 Å². The van der Waals surface area contributed by atoms with Crippen LogP contribution in [0.25, 0.3) is 0 Å². The van der Waals surface area contributed by atoms with E-state index in [9.17, 15) is 0 Å². The highest BCUT2D eigenvalue weighted by atomic mass is 14.9. The summed E-state index contributed by atoms with van der Waals surface area (Å²) >= 11 is 0. The first kappa shape index (κ1) is 7.77. The van der Waals surface area contributed by atoms with Crippen LogP contribution < -0.4 is 5.32 Å². The third-order valence-corrected chi connectivity index (χ3v) is 0.916. The molecule has 2 heteroatoms. The Morgan fingerprint density at radius 3 is 2.89 bits per heavy atom. The maximum atomic E-state index is 8.16. The number of nitrogens with zero attached hydrogens (tertiary/aromatic N) is 1. The minimum absolute atomic E-state index is 0.833. The fraction of sp³-hybridized carbons (Fsp3) is 0.286. The van der Waals surface area contributed by atoms with Gasteiger partial charge in [-0.25, -0.2) is 0 Å².